The maximum Gasteiger partial charge on any atom is 0.271 e. The monoisotopic (exact) mass is 267 g/mol. The van der Waals surface area contributed by atoms with E-state index < -0.39 is 0 Å². The lowest BCUT2D eigenvalue weighted by molar-refractivity contribution is 0.0944. The van der Waals surface area contributed by atoms with Crippen molar-refractivity contribution < 1.29 is 4.79 Å². The molecule has 1 aromatic heterocycles. The number of nitrogens with one attached hydrogen (secondary N) is 2. The molecule has 98 valence electrons. The average molecular weight is 267 g/mol. The smallest absolute Gasteiger partial charge is 0.271 e. The van der Waals surface area contributed by atoms with Crippen molar-refractivity contribution in [2.45, 2.75) is 24.5 Å². The predicted molar refractivity (Wildman–Crippen MR) is 72.3 cm³/mol. The van der Waals surface area contributed by atoms with Crippen molar-refractivity contribution in [2.24, 2.45) is 5.84 Å². The van der Waals surface area contributed by atoms with Crippen LogP contribution in [-0.2, 0) is 0 Å². The molecule has 4 N–H and O–H groups in total. The molecular weight excluding hydrogens is 250 g/mol. The lowest BCUT2D eigenvalue weighted by atomic mass is 10.1. The van der Waals surface area contributed by atoms with E-state index in [9.17, 15) is 4.79 Å². The van der Waals surface area contributed by atoms with Crippen LogP contribution in [0.5, 0.6) is 0 Å². The highest BCUT2D eigenvalue weighted by atomic mass is 32.2. The summed E-state index contributed by atoms with van der Waals surface area (Å²) >= 11 is 1.91. The molecule has 0 radical (unpaired) electrons. The summed E-state index contributed by atoms with van der Waals surface area (Å²) in [5.74, 6) is 6.59. The second-order valence-electron chi connectivity index (χ2n) is 4.53. The van der Waals surface area contributed by atoms with Gasteiger partial charge in [0.1, 0.15) is 0 Å². The molecule has 0 bridgehead atoms. The summed E-state index contributed by atoms with van der Waals surface area (Å²) in [6.45, 7) is 2.84. The zero-order valence-electron chi connectivity index (χ0n) is 10.3. The van der Waals surface area contributed by atoms with Crippen LogP contribution in [0.15, 0.2) is 12.1 Å². The summed E-state index contributed by atoms with van der Waals surface area (Å²) in [5.41, 5.74) is 2.67. The zero-order chi connectivity index (χ0) is 13.0. The fraction of sp³-hybridized carbons (Fsp3) is 0.545. The molecule has 18 heavy (non-hydrogen) atoms. The summed E-state index contributed by atoms with van der Waals surface area (Å²) in [4.78, 5) is 11.9. The van der Waals surface area contributed by atoms with Crippen LogP contribution in [0.1, 0.15) is 30.3 Å². The van der Waals surface area contributed by atoms with Gasteiger partial charge in [0.05, 0.1) is 0 Å². The van der Waals surface area contributed by atoms with E-state index in [2.05, 4.69) is 27.9 Å². The van der Waals surface area contributed by atoms with Gasteiger partial charge in [-0.05, 0) is 37.7 Å². The van der Waals surface area contributed by atoms with Gasteiger partial charge in [0, 0.05) is 11.3 Å². The Balaban J connectivity index is 1.90. The molecule has 0 saturated carbocycles. The van der Waals surface area contributed by atoms with Crippen molar-refractivity contribution in [3.8, 4) is 0 Å². The molecule has 1 unspecified atom stereocenters. The van der Waals surface area contributed by atoms with Crippen molar-refractivity contribution in [3.63, 3.8) is 0 Å². The van der Waals surface area contributed by atoms with Gasteiger partial charge >= 0.3 is 0 Å². The fourth-order valence-corrected chi connectivity index (χ4v) is 3.11. The first-order valence-electron chi connectivity index (χ1n) is 5.85. The van der Waals surface area contributed by atoms with Gasteiger partial charge in [-0.15, -0.1) is 10.2 Å². The summed E-state index contributed by atoms with van der Waals surface area (Å²) in [6.07, 6.45) is 2.35. The van der Waals surface area contributed by atoms with Gasteiger partial charge in [-0.2, -0.15) is 11.8 Å². The first-order valence-corrected chi connectivity index (χ1v) is 6.84. The van der Waals surface area contributed by atoms with Crippen LogP contribution in [0.2, 0.25) is 0 Å². The number of amides is 1. The summed E-state index contributed by atoms with van der Waals surface area (Å²) in [6, 6.07) is 3.22. The number of carbonyl (C=O) groups is 1. The third-order valence-electron chi connectivity index (χ3n) is 2.97. The van der Waals surface area contributed by atoms with Gasteiger partial charge in [-0.1, -0.05) is 0 Å². The van der Waals surface area contributed by atoms with E-state index in [1.54, 1.807) is 12.1 Å². The minimum atomic E-state index is -0.195. The highest BCUT2D eigenvalue weighted by Gasteiger charge is 2.29. The second kappa shape index (κ2) is 5.53. The highest BCUT2D eigenvalue weighted by molar-refractivity contribution is 8.00. The molecule has 0 aromatic carbocycles. The van der Waals surface area contributed by atoms with E-state index in [1.807, 2.05) is 11.8 Å². The van der Waals surface area contributed by atoms with Gasteiger partial charge < -0.3 is 10.7 Å². The Labute approximate surface area is 110 Å². The summed E-state index contributed by atoms with van der Waals surface area (Å²) in [5, 5.41) is 10.5. The minimum absolute atomic E-state index is 0.155. The van der Waals surface area contributed by atoms with Crippen LogP contribution in [0, 0.1) is 0 Å². The molecule has 1 amide bonds. The third kappa shape index (κ3) is 3.11. The Bertz CT molecular complexity index is 416. The second-order valence-corrected chi connectivity index (χ2v) is 6.22. The molecule has 1 saturated heterocycles. The van der Waals surface area contributed by atoms with Crippen LogP contribution in [0.4, 0.5) is 5.82 Å². The molecular formula is C11H17N5OS. The van der Waals surface area contributed by atoms with E-state index in [0.29, 0.717) is 18.1 Å². The molecule has 2 rings (SSSR count). The van der Waals surface area contributed by atoms with Crippen molar-refractivity contribution in [1.29, 1.82) is 0 Å². The third-order valence-corrected chi connectivity index (χ3v) is 4.51. The van der Waals surface area contributed by atoms with E-state index in [1.165, 1.54) is 12.2 Å². The van der Waals surface area contributed by atoms with Crippen LogP contribution in [0.3, 0.4) is 0 Å². The van der Waals surface area contributed by atoms with Crippen LogP contribution in [-0.4, -0.2) is 33.1 Å². The highest BCUT2D eigenvalue weighted by Crippen LogP contribution is 2.36. The topological polar surface area (TPSA) is 92.9 Å². The lowest BCUT2D eigenvalue weighted by Crippen LogP contribution is -2.37. The number of thioether (sulfide) groups is 1. The number of nitrogens with zero attached hydrogens (tertiary/aromatic N) is 2. The molecule has 6 nitrogen and oxygen atoms in total. The molecule has 0 spiro atoms. The van der Waals surface area contributed by atoms with Gasteiger partial charge in [0.2, 0.25) is 0 Å². The molecule has 2 heterocycles. The maximum atomic E-state index is 11.9. The summed E-state index contributed by atoms with van der Waals surface area (Å²) < 4.78 is 0.155. The number of hydrogen-bond donors (Lipinski definition) is 3. The van der Waals surface area contributed by atoms with Crippen LogP contribution >= 0.6 is 11.8 Å². The van der Waals surface area contributed by atoms with Crippen LogP contribution in [0.25, 0.3) is 0 Å². The molecule has 1 fully saturated rings. The van der Waals surface area contributed by atoms with Gasteiger partial charge in [0.25, 0.3) is 5.91 Å². The number of nitrogen functional groups attached to an aromatic ring is 1. The van der Waals surface area contributed by atoms with Gasteiger partial charge in [-0.3, -0.25) is 4.79 Å². The zero-order valence-corrected chi connectivity index (χ0v) is 11.1. The van der Waals surface area contributed by atoms with E-state index >= 15 is 0 Å². The van der Waals surface area contributed by atoms with Crippen molar-refractivity contribution in [3.05, 3.63) is 17.8 Å². The van der Waals surface area contributed by atoms with Crippen molar-refractivity contribution in [1.82, 2.24) is 15.5 Å². The number of aromatic nitrogens is 2. The van der Waals surface area contributed by atoms with E-state index in [4.69, 9.17) is 5.84 Å². The minimum Gasteiger partial charge on any atom is -0.349 e. The Morgan fingerprint density at radius 3 is 2.94 bits per heavy atom. The molecule has 1 aliphatic heterocycles. The Kier molecular flexibility index (Phi) is 4.03. The predicted octanol–water partition coefficient (Wildman–Crippen LogP) is 0.778. The number of hydrogen-bond acceptors (Lipinski definition) is 6. The summed E-state index contributed by atoms with van der Waals surface area (Å²) in [7, 11) is 0. The maximum absolute atomic E-state index is 11.9. The number of carbonyl (C=O) groups excluding carboxylic acids is 1. The lowest BCUT2D eigenvalue weighted by Gasteiger charge is -2.22. The molecule has 7 heteroatoms. The fourth-order valence-electron chi connectivity index (χ4n) is 1.86. The molecule has 1 atom stereocenters. The quantitative estimate of drug-likeness (QED) is 0.551. The van der Waals surface area contributed by atoms with Crippen molar-refractivity contribution >= 4 is 23.5 Å². The number of nitrogens with two attached hydrogens (primary N) is 1. The molecule has 1 aromatic rings. The number of hydrazine groups is 1. The Morgan fingerprint density at radius 1 is 1.56 bits per heavy atom. The largest absolute Gasteiger partial charge is 0.349 e. The SMILES string of the molecule is CC1(CNC(=O)c2ccc(NN)nn2)CCCS1. The first kappa shape index (κ1) is 13.1. The standard InChI is InChI=1S/C11H17N5OS/c1-11(5-2-6-18-11)7-13-10(17)8-3-4-9(14-12)16-15-8/h3-4H,2,5-7,12H2,1H3,(H,13,17)(H,14,16). The number of rotatable bonds is 4. The van der Waals surface area contributed by atoms with Crippen molar-refractivity contribution in [2.75, 3.05) is 17.7 Å². The number of anilines is 1. The Hall–Kier alpha value is -1.34. The average Bonchev–Trinajstić information content (AvgIpc) is 2.83. The van der Waals surface area contributed by atoms with Gasteiger partial charge in [-0.25, -0.2) is 5.84 Å². The van der Waals surface area contributed by atoms with Gasteiger partial charge in [0.15, 0.2) is 11.5 Å². The molecule has 1 aliphatic rings. The van der Waals surface area contributed by atoms with E-state index in [-0.39, 0.29) is 10.7 Å². The van der Waals surface area contributed by atoms with E-state index in [0.717, 1.165) is 6.42 Å². The first-order chi connectivity index (χ1) is 8.63. The van der Waals surface area contributed by atoms with Crippen LogP contribution < -0.4 is 16.6 Å². The molecule has 0 aliphatic carbocycles. The Morgan fingerprint density at radius 2 is 2.39 bits per heavy atom. The normalized spacial score (nSPS) is 22.8.